The maximum Gasteiger partial charge on any atom is 0.305 e. The maximum atomic E-state index is 14.0. The van der Waals surface area contributed by atoms with Gasteiger partial charge in [-0.15, -0.1) is 0 Å². The second-order valence-electron chi connectivity index (χ2n) is 11.6. The normalized spacial score (nSPS) is 16.9. The predicted molar refractivity (Wildman–Crippen MR) is 174 cm³/mol. The first kappa shape index (κ1) is 32.8. The second-order valence-corrected chi connectivity index (χ2v) is 11.6. The molecule has 1 aromatic heterocycles. The van der Waals surface area contributed by atoms with Gasteiger partial charge in [-0.05, 0) is 41.8 Å². The summed E-state index contributed by atoms with van der Waals surface area (Å²) in [5.41, 5.74) is 3.25. The van der Waals surface area contributed by atoms with E-state index in [4.69, 9.17) is 9.57 Å². The number of rotatable bonds is 14. The highest BCUT2D eigenvalue weighted by atomic mass is 16.7. The number of carboxylic acid groups (broad SMARTS) is 1. The van der Waals surface area contributed by atoms with Gasteiger partial charge in [0.1, 0.15) is 24.1 Å². The Balaban J connectivity index is 1.40. The van der Waals surface area contributed by atoms with Crippen LogP contribution in [0.1, 0.15) is 36.3 Å². The van der Waals surface area contributed by atoms with Crippen molar-refractivity contribution in [2.24, 2.45) is 5.92 Å². The largest absolute Gasteiger partial charge is 0.486 e. The van der Waals surface area contributed by atoms with Crippen molar-refractivity contribution in [1.82, 2.24) is 21.1 Å². The summed E-state index contributed by atoms with van der Waals surface area (Å²) in [6.45, 7) is 3.37. The number of Topliss-reactive ketones (excluding diaryl/α,β-unsaturated/α-hetero) is 1. The van der Waals surface area contributed by atoms with Gasteiger partial charge in [0.25, 0.3) is 11.8 Å². The van der Waals surface area contributed by atoms with E-state index in [1.54, 1.807) is 42.5 Å². The molecule has 1 aliphatic rings. The lowest BCUT2D eigenvalue weighted by molar-refractivity contribution is -0.148. The van der Waals surface area contributed by atoms with Crippen LogP contribution in [0.15, 0.2) is 109 Å². The maximum absolute atomic E-state index is 14.0. The van der Waals surface area contributed by atoms with Crippen LogP contribution in [0.2, 0.25) is 0 Å². The number of amides is 2. The van der Waals surface area contributed by atoms with Crippen molar-refractivity contribution in [2.75, 3.05) is 6.61 Å². The zero-order valence-electron chi connectivity index (χ0n) is 26.0. The molecule has 0 fully saturated rings. The average molecular weight is 637 g/mol. The number of para-hydroxylation sites is 2. The minimum Gasteiger partial charge on any atom is -0.486 e. The minimum absolute atomic E-state index is 0.0513. The lowest BCUT2D eigenvalue weighted by Gasteiger charge is -2.27. The lowest BCUT2D eigenvalue weighted by atomic mass is 9.90. The van der Waals surface area contributed by atoms with Gasteiger partial charge in [0, 0.05) is 11.8 Å². The first-order valence-corrected chi connectivity index (χ1v) is 15.2. The van der Waals surface area contributed by atoms with E-state index >= 15 is 0 Å². The van der Waals surface area contributed by atoms with E-state index in [0.717, 1.165) is 10.9 Å². The Hall–Kier alpha value is -5.55. The topological polar surface area (TPSA) is 156 Å². The molecule has 2 amide bonds. The Morgan fingerprint density at radius 2 is 1.57 bits per heavy atom. The van der Waals surface area contributed by atoms with E-state index in [-0.39, 0.29) is 18.0 Å². The van der Waals surface area contributed by atoms with E-state index < -0.39 is 54.3 Å². The van der Waals surface area contributed by atoms with Crippen LogP contribution < -0.4 is 20.9 Å². The molecule has 4 N–H and O–H groups in total. The molecular formula is C36H36N4O7. The van der Waals surface area contributed by atoms with Crippen molar-refractivity contribution in [3.63, 3.8) is 0 Å². The highest BCUT2D eigenvalue weighted by molar-refractivity contribution is 5.97. The minimum atomic E-state index is -1.69. The fourth-order valence-electron chi connectivity index (χ4n) is 5.28. The van der Waals surface area contributed by atoms with Crippen molar-refractivity contribution < 1.29 is 33.9 Å². The number of carbonyl (C=O) groups excluding carboxylic acids is 3. The van der Waals surface area contributed by atoms with E-state index in [1.807, 2.05) is 74.5 Å². The molecule has 5 rings (SSSR count). The molecule has 1 aliphatic heterocycles. The lowest BCUT2D eigenvalue weighted by Crippen LogP contribution is -2.54. The SMILES string of the molecule is CC(C)[C@H](NC(=O)c1ccc2ccccc2n1)C1=CC(Cc2ccccc2)(C(=O)N[C@@H](CC(=O)O)C(=O)COc2ccccc2)ON1. The third kappa shape index (κ3) is 8.19. The van der Waals surface area contributed by atoms with E-state index in [9.17, 15) is 24.3 Å². The van der Waals surface area contributed by atoms with Crippen LogP contribution in [0, 0.1) is 5.92 Å². The first-order chi connectivity index (χ1) is 22.6. The third-order valence-electron chi connectivity index (χ3n) is 7.75. The molecule has 242 valence electrons. The zero-order chi connectivity index (χ0) is 33.4. The third-order valence-corrected chi connectivity index (χ3v) is 7.75. The van der Waals surface area contributed by atoms with Gasteiger partial charge in [0.2, 0.25) is 0 Å². The zero-order valence-corrected chi connectivity index (χ0v) is 26.0. The van der Waals surface area contributed by atoms with Gasteiger partial charge in [-0.25, -0.2) is 4.98 Å². The summed E-state index contributed by atoms with van der Waals surface area (Å²) in [4.78, 5) is 62.8. The quantitative estimate of drug-likeness (QED) is 0.161. The molecule has 1 unspecified atom stereocenters. The molecule has 3 atom stereocenters. The van der Waals surface area contributed by atoms with Gasteiger partial charge in [0.05, 0.1) is 23.7 Å². The number of hydrogen-bond donors (Lipinski definition) is 4. The number of hydrogen-bond acceptors (Lipinski definition) is 8. The summed E-state index contributed by atoms with van der Waals surface area (Å²) in [5.74, 6) is -2.75. The van der Waals surface area contributed by atoms with Gasteiger partial charge in [-0.2, -0.15) is 0 Å². The van der Waals surface area contributed by atoms with Crippen LogP contribution in [0.25, 0.3) is 10.9 Å². The van der Waals surface area contributed by atoms with Crippen molar-refractivity contribution >= 4 is 34.5 Å². The van der Waals surface area contributed by atoms with E-state index in [0.29, 0.717) is 17.0 Å². The highest BCUT2D eigenvalue weighted by Gasteiger charge is 2.46. The number of hydroxylamine groups is 1. The summed E-state index contributed by atoms with van der Waals surface area (Å²) in [6.07, 6.45) is 0.976. The van der Waals surface area contributed by atoms with E-state index in [2.05, 4.69) is 21.1 Å². The summed E-state index contributed by atoms with van der Waals surface area (Å²) >= 11 is 0. The standard InChI is InChI=1S/C36H36N4O7/c1-23(2)33(39-34(44)28-18-17-25-13-9-10-16-27(25)37-28)30-21-36(47-40-30,20-24-11-5-3-6-12-24)35(45)38-29(19-32(42)43)31(41)22-46-26-14-7-4-8-15-26/h3-18,21,23,29,33,40H,19-20,22H2,1-2H3,(H,38,45)(H,39,44)(H,42,43)/t29-,33-,36?/m0/s1. The number of aliphatic carboxylic acids is 1. The van der Waals surface area contributed by atoms with Crippen molar-refractivity contribution in [2.45, 2.75) is 44.4 Å². The van der Waals surface area contributed by atoms with Crippen LogP contribution >= 0.6 is 0 Å². The number of nitrogens with one attached hydrogen (secondary N) is 3. The van der Waals surface area contributed by atoms with Crippen LogP contribution in [-0.4, -0.2) is 57.9 Å². The number of carbonyl (C=O) groups is 4. The van der Waals surface area contributed by atoms with Crippen LogP contribution in [0.3, 0.4) is 0 Å². The fraction of sp³-hybridized carbons (Fsp3) is 0.250. The van der Waals surface area contributed by atoms with Gasteiger partial charge >= 0.3 is 5.97 Å². The average Bonchev–Trinajstić information content (AvgIpc) is 3.50. The molecule has 0 spiro atoms. The number of carboxylic acids is 1. The summed E-state index contributed by atoms with van der Waals surface area (Å²) in [6, 6.07) is 26.7. The Kier molecular flexibility index (Phi) is 10.3. The molecule has 11 heteroatoms. The van der Waals surface area contributed by atoms with E-state index in [1.165, 1.54) is 0 Å². The molecule has 0 aliphatic carbocycles. The van der Waals surface area contributed by atoms with Gasteiger partial charge in [0.15, 0.2) is 11.4 Å². The Morgan fingerprint density at radius 3 is 2.28 bits per heavy atom. The Bertz CT molecular complexity index is 1780. The molecule has 0 saturated carbocycles. The monoisotopic (exact) mass is 636 g/mol. The molecule has 47 heavy (non-hydrogen) atoms. The highest BCUT2D eigenvalue weighted by Crippen LogP contribution is 2.29. The summed E-state index contributed by atoms with van der Waals surface area (Å²) < 4.78 is 5.54. The van der Waals surface area contributed by atoms with Gasteiger partial charge < -0.3 is 20.5 Å². The van der Waals surface area contributed by atoms with Gasteiger partial charge in [-0.1, -0.05) is 86.6 Å². The number of ketones is 1. The molecule has 0 bridgehead atoms. The van der Waals surface area contributed by atoms with Crippen molar-refractivity contribution in [3.05, 3.63) is 120 Å². The van der Waals surface area contributed by atoms with Crippen molar-refractivity contribution in [1.29, 1.82) is 0 Å². The second kappa shape index (κ2) is 14.7. The number of fused-ring (bicyclic) bond motifs is 1. The van der Waals surface area contributed by atoms with Gasteiger partial charge in [-0.3, -0.25) is 29.5 Å². The molecule has 3 aromatic carbocycles. The van der Waals surface area contributed by atoms with Crippen molar-refractivity contribution in [3.8, 4) is 5.75 Å². The molecule has 0 radical (unpaired) electrons. The number of benzene rings is 3. The molecule has 4 aromatic rings. The summed E-state index contributed by atoms with van der Waals surface area (Å²) in [5, 5.41) is 16.1. The Labute approximate surface area is 271 Å². The first-order valence-electron chi connectivity index (χ1n) is 15.2. The molecular weight excluding hydrogens is 600 g/mol. The number of aromatic nitrogens is 1. The van der Waals surface area contributed by atoms with Crippen LogP contribution in [0.5, 0.6) is 5.75 Å². The molecule has 11 nitrogen and oxygen atoms in total. The summed E-state index contributed by atoms with van der Waals surface area (Å²) in [7, 11) is 0. The molecule has 0 saturated heterocycles. The molecule has 2 heterocycles. The predicted octanol–water partition coefficient (Wildman–Crippen LogP) is 4.00. The smallest absolute Gasteiger partial charge is 0.305 e. The number of pyridine rings is 1. The number of nitrogens with zero attached hydrogens (tertiary/aromatic N) is 1. The van der Waals surface area contributed by atoms with Crippen LogP contribution in [-0.2, 0) is 25.6 Å². The Morgan fingerprint density at radius 1 is 0.894 bits per heavy atom. The fourth-order valence-corrected chi connectivity index (χ4v) is 5.28. The number of ether oxygens (including phenoxy) is 1. The van der Waals surface area contributed by atoms with Crippen LogP contribution in [0.4, 0.5) is 0 Å².